The Hall–Kier alpha value is -1.75. The molecule has 1 saturated carbocycles. The van der Waals surface area contributed by atoms with Crippen LogP contribution in [-0.4, -0.2) is 24.5 Å². The van der Waals surface area contributed by atoms with Gasteiger partial charge in [0.15, 0.2) is 0 Å². The summed E-state index contributed by atoms with van der Waals surface area (Å²) in [6.45, 7) is 2.25. The second kappa shape index (κ2) is 10.2. The van der Waals surface area contributed by atoms with Crippen molar-refractivity contribution in [2.45, 2.75) is 51.5 Å². The van der Waals surface area contributed by atoms with E-state index in [1.54, 1.807) is 0 Å². The third-order valence-electron chi connectivity index (χ3n) is 4.39. The first kappa shape index (κ1) is 20.3. The molecular formula is C18H27ClN2O3. The van der Waals surface area contributed by atoms with Crippen LogP contribution >= 0.6 is 12.4 Å². The third-order valence-corrected chi connectivity index (χ3v) is 4.39. The number of anilines is 1. The van der Waals surface area contributed by atoms with Crippen LogP contribution in [0, 0.1) is 5.92 Å². The lowest BCUT2D eigenvalue weighted by atomic mass is 9.86. The van der Waals surface area contributed by atoms with Gasteiger partial charge in [-0.05, 0) is 50.7 Å². The molecule has 1 aliphatic rings. The number of hydrogen-bond donors (Lipinski definition) is 2. The van der Waals surface area contributed by atoms with Gasteiger partial charge in [0.05, 0.1) is 12.5 Å². The maximum absolute atomic E-state index is 12.1. The van der Waals surface area contributed by atoms with Crippen molar-refractivity contribution in [3.8, 4) is 0 Å². The van der Waals surface area contributed by atoms with Crippen LogP contribution in [0.4, 0.5) is 5.69 Å². The molecule has 0 saturated heterocycles. The van der Waals surface area contributed by atoms with Crippen molar-refractivity contribution >= 4 is 30.0 Å². The molecule has 1 aromatic rings. The molecule has 2 rings (SSSR count). The molecule has 0 atom stereocenters. The summed E-state index contributed by atoms with van der Waals surface area (Å²) in [7, 11) is 0. The van der Waals surface area contributed by atoms with Gasteiger partial charge in [0.25, 0.3) is 0 Å². The zero-order chi connectivity index (χ0) is 16.7. The number of amides is 1. The minimum Gasteiger partial charge on any atom is -0.466 e. The van der Waals surface area contributed by atoms with Gasteiger partial charge in [0.2, 0.25) is 5.91 Å². The summed E-state index contributed by atoms with van der Waals surface area (Å²) in [6, 6.07) is 7.79. The zero-order valence-electron chi connectivity index (χ0n) is 14.1. The van der Waals surface area contributed by atoms with Gasteiger partial charge >= 0.3 is 5.97 Å². The summed E-state index contributed by atoms with van der Waals surface area (Å²) >= 11 is 0. The van der Waals surface area contributed by atoms with Crippen LogP contribution in [0.3, 0.4) is 0 Å². The number of nitrogen functional groups attached to an aromatic ring is 1. The van der Waals surface area contributed by atoms with E-state index in [-0.39, 0.29) is 36.2 Å². The molecule has 3 N–H and O–H groups in total. The number of ether oxygens (including phenoxy) is 1. The molecule has 0 aliphatic heterocycles. The molecule has 134 valence electrons. The van der Waals surface area contributed by atoms with Crippen LogP contribution in [0.5, 0.6) is 0 Å². The summed E-state index contributed by atoms with van der Waals surface area (Å²) in [4.78, 5) is 23.8. The fourth-order valence-electron chi connectivity index (χ4n) is 3.04. The number of carbonyl (C=O) groups excluding carboxylic acids is 2. The number of halogens is 1. The summed E-state index contributed by atoms with van der Waals surface area (Å²) < 4.78 is 5.06. The Labute approximate surface area is 149 Å². The van der Waals surface area contributed by atoms with E-state index in [1.165, 1.54) is 0 Å². The van der Waals surface area contributed by atoms with Crippen LogP contribution in [-0.2, 0) is 20.7 Å². The Kier molecular flexibility index (Phi) is 8.61. The topological polar surface area (TPSA) is 81.4 Å². The van der Waals surface area contributed by atoms with E-state index in [0.717, 1.165) is 36.9 Å². The fraction of sp³-hybridized carbons (Fsp3) is 0.556. The minimum absolute atomic E-state index is 0. The van der Waals surface area contributed by atoms with Crippen molar-refractivity contribution in [2.75, 3.05) is 12.3 Å². The van der Waals surface area contributed by atoms with Gasteiger partial charge in [-0.15, -0.1) is 12.4 Å². The molecule has 5 nitrogen and oxygen atoms in total. The van der Waals surface area contributed by atoms with E-state index in [9.17, 15) is 9.59 Å². The van der Waals surface area contributed by atoms with Crippen LogP contribution in [0.25, 0.3) is 0 Å². The van der Waals surface area contributed by atoms with Gasteiger partial charge in [-0.25, -0.2) is 0 Å². The molecule has 24 heavy (non-hydrogen) atoms. The number of nitrogens with two attached hydrogens (primary N) is 1. The van der Waals surface area contributed by atoms with E-state index in [2.05, 4.69) is 5.32 Å². The normalized spacial score (nSPS) is 19.9. The second-order valence-electron chi connectivity index (χ2n) is 6.07. The van der Waals surface area contributed by atoms with Crippen molar-refractivity contribution in [3.63, 3.8) is 0 Å². The third kappa shape index (κ3) is 6.04. The Morgan fingerprint density at radius 1 is 1.21 bits per heavy atom. The number of rotatable bonds is 6. The summed E-state index contributed by atoms with van der Waals surface area (Å²) in [5.41, 5.74) is 7.62. The monoisotopic (exact) mass is 354 g/mol. The van der Waals surface area contributed by atoms with E-state index >= 15 is 0 Å². The SMILES string of the molecule is CCOC(=O)C1CCC(NC(=O)CCc2ccccc2N)CC1.Cl. The smallest absolute Gasteiger partial charge is 0.308 e. The molecule has 1 amide bonds. The maximum atomic E-state index is 12.1. The lowest BCUT2D eigenvalue weighted by Crippen LogP contribution is -2.39. The molecule has 0 unspecified atom stereocenters. The first-order valence-corrected chi connectivity index (χ1v) is 8.39. The molecule has 6 heteroatoms. The number of nitrogens with one attached hydrogen (secondary N) is 1. The molecule has 0 radical (unpaired) electrons. The van der Waals surface area contributed by atoms with Crippen LogP contribution < -0.4 is 11.1 Å². The van der Waals surface area contributed by atoms with Gasteiger partial charge in [-0.1, -0.05) is 18.2 Å². The fourth-order valence-corrected chi connectivity index (χ4v) is 3.04. The molecule has 1 fully saturated rings. The highest BCUT2D eigenvalue weighted by atomic mass is 35.5. The Bertz CT molecular complexity index is 543. The van der Waals surface area contributed by atoms with Crippen molar-refractivity contribution in [2.24, 2.45) is 5.92 Å². The van der Waals surface area contributed by atoms with E-state index in [1.807, 2.05) is 31.2 Å². The average Bonchev–Trinajstić information content (AvgIpc) is 2.55. The molecular weight excluding hydrogens is 328 g/mol. The number of benzene rings is 1. The molecule has 1 aromatic carbocycles. The van der Waals surface area contributed by atoms with Crippen LogP contribution in [0.2, 0.25) is 0 Å². The lowest BCUT2D eigenvalue weighted by molar-refractivity contribution is -0.149. The van der Waals surface area contributed by atoms with Gasteiger partial charge in [0.1, 0.15) is 0 Å². The van der Waals surface area contributed by atoms with Crippen LogP contribution in [0.1, 0.15) is 44.6 Å². The summed E-state index contributed by atoms with van der Waals surface area (Å²) in [5, 5.41) is 3.07. The largest absolute Gasteiger partial charge is 0.466 e. The predicted octanol–water partition coefficient (Wildman–Crippen LogP) is 2.86. The average molecular weight is 355 g/mol. The summed E-state index contributed by atoms with van der Waals surface area (Å²) in [6.07, 6.45) is 4.33. The maximum Gasteiger partial charge on any atom is 0.308 e. The number of para-hydroxylation sites is 1. The molecule has 0 bridgehead atoms. The highest BCUT2D eigenvalue weighted by Crippen LogP contribution is 2.25. The molecule has 0 heterocycles. The zero-order valence-corrected chi connectivity index (χ0v) is 14.9. The highest BCUT2D eigenvalue weighted by molar-refractivity contribution is 5.85. The Morgan fingerprint density at radius 3 is 2.50 bits per heavy atom. The minimum atomic E-state index is -0.100. The highest BCUT2D eigenvalue weighted by Gasteiger charge is 2.27. The number of hydrogen-bond acceptors (Lipinski definition) is 4. The molecule has 0 spiro atoms. The standard InChI is InChI=1S/C18H26N2O3.ClH/c1-2-23-18(22)14-7-10-15(11-8-14)20-17(21)12-9-13-5-3-4-6-16(13)19;/h3-6,14-15H,2,7-12,19H2,1H3,(H,20,21);1H. The quantitative estimate of drug-likeness (QED) is 0.608. The van der Waals surface area contributed by atoms with Gasteiger partial charge < -0.3 is 15.8 Å². The number of esters is 1. The van der Waals surface area contributed by atoms with Gasteiger partial charge in [0, 0.05) is 18.2 Å². The number of carbonyl (C=O) groups is 2. The van der Waals surface area contributed by atoms with E-state index in [0.29, 0.717) is 19.4 Å². The lowest BCUT2D eigenvalue weighted by Gasteiger charge is -2.27. The number of aryl methyl sites for hydroxylation is 1. The van der Waals surface area contributed by atoms with Gasteiger partial charge in [-0.2, -0.15) is 0 Å². The summed E-state index contributed by atoms with van der Waals surface area (Å²) in [5.74, 6) is -0.0584. The van der Waals surface area contributed by atoms with Crippen molar-refractivity contribution in [1.29, 1.82) is 0 Å². The van der Waals surface area contributed by atoms with Crippen molar-refractivity contribution < 1.29 is 14.3 Å². The Morgan fingerprint density at radius 2 is 1.88 bits per heavy atom. The van der Waals surface area contributed by atoms with Crippen molar-refractivity contribution in [1.82, 2.24) is 5.32 Å². The Balaban J connectivity index is 0.00000288. The second-order valence-corrected chi connectivity index (χ2v) is 6.07. The van der Waals surface area contributed by atoms with E-state index in [4.69, 9.17) is 10.5 Å². The first-order valence-electron chi connectivity index (χ1n) is 8.39. The molecule has 0 aromatic heterocycles. The van der Waals surface area contributed by atoms with E-state index < -0.39 is 0 Å². The predicted molar refractivity (Wildman–Crippen MR) is 96.9 cm³/mol. The van der Waals surface area contributed by atoms with Crippen LogP contribution in [0.15, 0.2) is 24.3 Å². The first-order chi connectivity index (χ1) is 11.1. The van der Waals surface area contributed by atoms with Gasteiger partial charge in [-0.3, -0.25) is 9.59 Å². The molecule has 1 aliphatic carbocycles. The van der Waals surface area contributed by atoms with Crippen molar-refractivity contribution in [3.05, 3.63) is 29.8 Å².